The third-order valence-electron chi connectivity index (χ3n) is 4.02. The van der Waals surface area contributed by atoms with Gasteiger partial charge in [-0.1, -0.05) is 6.07 Å². The van der Waals surface area contributed by atoms with Crippen LogP contribution in [0.15, 0.2) is 36.4 Å². The Morgan fingerprint density at radius 1 is 1.12 bits per heavy atom. The summed E-state index contributed by atoms with van der Waals surface area (Å²) in [6.07, 6.45) is 0. The summed E-state index contributed by atoms with van der Waals surface area (Å²) in [5, 5.41) is 2.41. The van der Waals surface area contributed by atoms with Crippen molar-refractivity contribution in [2.24, 2.45) is 0 Å². The smallest absolute Gasteiger partial charge is 0.323 e. The number of nitrogens with one attached hydrogen (secondary N) is 1. The number of hydrogen-bond acceptors (Lipinski definition) is 4. The molecule has 0 aliphatic carbocycles. The van der Waals surface area contributed by atoms with Crippen LogP contribution in [0.2, 0.25) is 0 Å². The van der Waals surface area contributed by atoms with E-state index >= 15 is 0 Å². The Kier molecular flexibility index (Phi) is 5.51. The summed E-state index contributed by atoms with van der Waals surface area (Å²) >= 11 is 1.62. The second kappa shape index (κ2) is 7.82. The van der Waals surface area contributed by atoms with E-state index in [0.29, 0.717) is 18.0 Å². The molecule has 26 heavy (non-hydrogen) atoms. The molecule has 8 heteroatoms. The largest absolute Gasteiger partial charge is 0.493 e. The number of halogens is 2. The number of carbonyl (C=O) groups is 1. The van der Waals surface area contributed by atoms with Gasteiger partial charge in [-0.2, -0.15) is 0 Å². The minimum absolute atomic E-state index is 0.205. The van der Waals surface area contributed by atoms with Crippen LogP contribution < -0.4 is 14.8 Å². The Balaban J connectivity index is 1.79. The summed E-state index contributed by atoms with van der Waals surface area (Å²) in [6, 6.07) is 8.39. The molecule has 0 saturated carbocycles. The molecule has 1 atom stereocenters. The van der Waals surface area contributed by atoms with Crippen LogP contribution in [0.25, 0.3) is 0 Å². The fraction of sp³-hybridized carbons (Fsp3) is 0.278. The van der Waals surface area contributed by atoms with Crippen LogP contribution in [0.1, 0.15) is 10.9 Å². The number of rotatable bonds is 4. The molecule has 1 aliphatic rings. The van der Waals surface area contributed by atoms with Crippen molar-refractivity contribution >= 4 is 23.5 Å². The molecule has 138 valence electrons. The molecular formula is C18H18F2N2O3S. The normalized spacial score (nSPS) is 16.5. The average molecular weight is 380 g/mol. The summed E-state index contributed by atoms with van der Waals surface area (Å²) in [7, 11) is 3.11. The highest BCUT2D eigenvalue weighted by Gasteiger charge is 2.31. The second-order valence-electron chi connectivity index (χ2n) is 5.59. The van der Waals surface area contributed by atoms with Crippen LogP contribution in [0.4, 0.5) is 19.3 Å². The van der Waals surface area contributed by atoms with E-state index in [-0.39, 0.29) is 17.1 Å². The lowest BCUT2D eigenvalue weighted by Crippen LogP contribution is -2.34. The summed E-state index contributed by atoms with van der Waals surface area (Å²) in [6.45, 7) is 0.541. The SMILES string of the molecule is COc1ccc(C2SCCN2C(=O)Nc2ccc(F)c(F)c2)cc1OC. The first-order chi connectivity index (χ1) is 12.5. The third-order valence-corrected chi connectivity index (χ3v) is 5.28. The van der Waals surface area contributed by atoms with Crippen molar-refractivity contribution in [3.8, 4) is 11.5 Å². The van der Waals surface area contributed by atoms with Crippen molar-refractivity contribution in [1.82, 2.24) is 4.90 Å². The van der Waals surface area contributed by atoms with Crippen molar-refractivity contribution in [2.45, 2.75) is 5.37 Å². The van der Waals surface area contributed by atoms with E-state index in [2.05, 4.69) is 5.32 Å². The van der Waals surface area contributed by atoms with Crippen LogP contribution >= 0.6 is 11.8 Å². The number of nitrogens with zero attached hydrogens (tertiary/aromatic N) is 1. The number of hydrogen-bond donors (Lipinski definition) is 1. The first kappa shape index (κ1) is 18.3. The molecule has 1 unspecified atom stereocenters. The van der Waals surface area contributed by atoms with Crippen molar-refractivity contribution in [1.29, 1.82) is 0 Å². The van der Waals surface area contributed by atoms with Gasteiger partial charge >= 0.3 is 6.03 Å². The van der Waals surface area contributed by atoms with Crippen LogP contribution in [0.3, 0.4) is 0 Å². The molecule has 2 amide bonds. The van der Waals surface area contributed by atoms with Gasteiger partial charge < -0.3 is 19.7 Å². The van der Waals surface area contributed by atoms with E-state index in [1.165, 1.54) is 6.07 Å². The van der Waals surface area contributed by atoms with Gasteiger partial charge in [0, 0.05) is 24.1 Å². The summed E-state index contributed by atoms with van der Waals surface area (Å²) in [5.74, 6) is -0.00187. The van der Waals surface area contributed by atoms with Gasteiger partial charge in [-0.25, -0.2) is 13.6 Å². The lowest BCUT2D eigenvalue weighted by atomic mass is 10.2. The summed E-state index contributed by atoms with van der Waals surface area (Å²) < 4.78 is 36.9. The van der Waals surface area contributed by atoms with Crippen molar-refractivity contribution < 1.29 is 23.0 Å². The van der Waals surface area contributed by atoms with Crippen LogP contribution in [-0.2, 0) is 0 Å². The zero-order valence-corrected chi connectivity index (χ0v) is 15.1. The molecule has 5 nitrogen and oxygen atoms in total. The van der Waals surface area contributed by atoms with Gasteiger partial charge in [0.2, 0.25) is 0 Å². The van der Waals surface area contributed by atoms with E-state index in [1.54, 1.807) is 36.9 Å². The van der Waals surface area contributed by atoms with E-state index in [4.69, 9.17) is 9.47 Å². The molecule has 1 heterocycles. The maximum Gasteiger partial charge on any atom is 0.323 e. The fourth-order valence-corrected chi connectivity index (χ4v) is 3.98. The van der Waals surface area contributed by atoms with Crippen molar-refractivity contribution in [2.75, 3.05) is 31.8 Å². The van der Waals surface area contributed by atoms with E-state index in [9.17, 15) is 13.6 Å². The molecule has 0 radical (unpaired) electrons. The third kappa shape index (κ3) is 3.70. The highest BCUT2D eigenvalue weighted by Crippen LogP contribution is 2.41. The Morgan fingerprint density at radius 3 is 2.58 bits per heavy atom. The molecule has 3 rings (SSSR count). The summed E-state index contributed by atoms with van der Waals surface area (Å²) in [4.78, 5) is 14.2. The monoisotopic (exact) mass is 380 g/mol. The quantitative estimate of drug-likeness (QED) is 0.861. The average Bonchev–Trinajstić information content (AvgIpc) is 3.14. The Bertz CT molecular complexity index is 819. The minimum atomic E-state index is -1.00. The van der Waals surface area contributed by atoms with Gasteiger partial charge in [-0.05, 0) is 29.8 Å². The van der Waals surface area contributed by atoms with E-state index < -0.39 is 11.6 Å². The first-order valence-corrected chi connectivity index (χ1v) is 8.94. The highest BCUT2D eigenvalue weighted by molar-refractivity contribution is 7.99. The lowest BCUT2D eigenvalue weighted by Gasteiger charge is -2.25. The molecule has 0 bridgehead atoms. The van der Waals surface area contributed by atoms with Crippen LogP contribution in [0.5, 0.6) is 11.5 Å². The summed E-state index contributed by atoms with van der Waals surface area (Å²) in [5.41, 5.74) is 1.10. The zero-order valence-electron chi connectivity index (χ0n) is 14.3. The Hall–Kier alpha value is -2.48. The number of thioether (sulfide) groups is 1. The maximum absolute atomic E-state index is 13.3. The Morgan fingerprint density at radius 2 is 1.88 bits per heavy atom. The van der Waals surface area contributed by atoms with Gasteiger partial charge in [-0.15, -0.1) is 11.8 Å². The number of anilines is 1. The lowest BCUT2D eigenvalue weighted by molar-refractivity contribution is 0.214. The van der Waals surface area contributed by atoms with Crippen LogP contribution in [-0.4, -0.2) is 37.4 Å². The molecule has 0 aromatic heterocycles. The number of carbonyl (C=O) groups excluding carboxylic acids is 1. The minimum Gasteiger partial charge on any atom is -0.493 e. The second-order valence-corrected chi connectivity index (χ2v) is 6.78. The number of ether oxygens (including phenoxy) is 2. The first-order valence-electron chi connectivity index (χ1n) is 7.89. The Labute approximate surface area is 154 Å². The topological polar surface area (TPSA) is 50.8 Å². The van der Waals surface area contributed by atoms with E-state index in [0.717, 1.165) is 23.4 Å². The van der Waals surface area contributed by atoms with Crippen LogP contribution in [0, 0.1) is 11.6 Å². The molecule has 1 aliphatic heterocycles. The predicted octanol–water partition coefficient (Wildman–Crippen LogP) is 4.26. The van der Waals surface area contributed by atoms with Crippen molar-refractivity contribution in [3.63, 3.8) is 0 Å². The molecular weight excluding hydrogens is 362 g/mol. The molecule has 1 N–H and O–H groups in total. The van der Waals surface area contributed by atoms with Gasteiger partial charge in [-0.3, -0.25) is 0 Å². The fourth-order valence-electron chi connectivity index (χ4n) is 2.73. The van der Waals surface area contributed by atoms with Gasteiger partial charge in [0.25, 0.3) is 0 Å². The maximum atomic E-state index is 13.3. The molecule has 2 aromatic rings. The standard InChI is InChI=1S/C18H18F2N2O3S/c1-24-15-6-3-11(9-16(15)25-2)17-22(7-8-26-17)18(23)21-12-4-5-13(19)14(20)10-12/h3-6,9-10,17H,7-8H2,1-2H3,(H,21,23). The van der Waals surface area contributed by atoms with Gasteiger partial charge in [0.1, 0.15) is 5.37 Å². The molecule has 0 spiro atoms. The zero-order chi connectivity index (χ0) is 18.7. The number of benzene rings is 2. The molecule has 1 fully saturated rings. The van der Waals surface area contributed by atoms with E-state index in [1.807, 2.05) is 12.1 Å². The number of methoxy groups -OCH3 is 2. The van der Waals surface area contributed by atoms with Gasteiger partial charge in [0.05, 0.1) is 14.2 Å². The number of amides is 2. The highest BCUT2D eigenvalue weighted by atomic mass is 32.2. The van der Waals surface area contributed by atoms with Gasteiger partial charge in [0.15, 0.2) is 23.1 Å². The number of urea groups is 1. The molecule has 1 saturated heterocycles. The van der Waals surface area contributed by atoms with Crippen molar-refractivity contribution in [3.05, 3.63) is 53.6 Å². The molecule has 2 aromatic carbocycles. The predicted molar refractivity (Wildman–Crippen MR) is 96.8 cm³/mol.